The molecule has 1 aliphatic carbocycles. The average Bonchev–Trinajstić information content (AvgIpc) is 2.39. The van der Waals surface area contributed by atoms with Crippen LogP contribution >= 0.6 is 0 Å². The number of hydrogen-bond acceptors (Lipinski definition) is 3. The first-order chi connectivity index (χ1) is 8.65. The molecule has 5 nitrogen and oxygen atoms in total. The summed E-state index contributed by atoms with van der Waals surface area (Å²) < 4.78 is 5.17. The van der Waals surface area contributed by atoms with Gasteiger partial charge in [-0.2, -0.15) is 0 Å². The molecule has 0 spiro atoms. The van der Waals surface area contributed by atoms with E-state index >= 15 is 0 Å². The highest BCUT2D eigenvalue weighted by Gasteiger charge is 2.42. The van der Waals surface area contributed by atoms with Gasteiger partial charge >= 0.3 is 12.1 Å². The number of nitrogens with one attached hydrogen (secondary N) is 1. The lowest BCUT2D eigenvalue weighted by Crippen LogP contribution is -2.55. The van der Waals surface area contributed by atoms with Crippen molar-refractivity contribution in [1.82, 2.24) is 5.32 Å². The number of carbonyl (C=O) groups is 2. The van der Waals surface area contributed by atoms with Gasteiger partial charge in [-0.25, -0.2) is 9.59 Å². The Morgan fingerprint density at radius 1 is 1.26 bits per heavy atom. The third-order valence-corrected chi connectivity index (χ3v) is 3.51. The quantitative estimate of drug-likeness (QED) is 0.757. The zero-order chi connectivity index (χ0) is 14.7. The second kappa shape index (κ2) is 5.80. The number of ether oxygens (including phenoxy) is 1. The molecule has 1 rings (SSSR count). The molecule has 19 heavy (non-hydrogen) atoms. The normalized spacial score (nSPS) is 28.3. The zero-order valence-electron chi connectivity index (χ0n) is 12.3. The summed E-state index contributed by atoms with van der Waals surface area (Å²) in [5.74, 6) is -0.464. The Morgan fingerprint density at radius 3 is 2.42 bits per heavy atom. The Kier molecular flexibility index (Phi) is 4.82. The van der Waals surface area contributed by atoms with Crippen LogP contribution in [0.2, 0.25) is 0 Å². The Hall–Kier alpha value is -1.26. The smallest absolute Gasteiger partial charge is 0.408 e. The van der Waals surface area contributed by atoms with Gasteiger partial charge in [-0.3, -0.25) is 0 Å². The fraction of sp³-hybridized carbons (Fsp3) is 0.857. The van der Waals surface area contributed by atoms with Gasteiger partial charge in [0.15, 0.2) is 0 Å². The average molecular weight is 271 g/mol. The van der Waals surface area contributed by atoms with Crippen LogP contribution in [0.3, 0.4) is 0 Å². The molecule has 0 saturated heterocycles. The van der Waals surface area contributed by atoms with E-state index in [4.69, 9.17) is 4.74 Å². The summed E-state index contributed by atoms with van der Waals surface area (Å²) in [6, 6.07) is 0. The van der Waals surface area contributed by atoms with Crippen molar-refractivity contribution in [2.45, 2.75) is 70.9 Å². The Morgan fingerprint density at radius 2 is 1.89 bits per heavy atom. The van der Waals surface area contributed by atoms with Gasteiger partial charge in [-0.05, 0) is 46.0 Å². The lowest BCUT2D eigenvalue weighted by atomic mass is 9.90. The number of carbonyl (C=O) groups excluding carboxylic acids is 1. The van der Waals surface area contributed by atoms with Crippen LogP contribution in [0.4, 0.5) is 4.79 Å². The van der Waals surface area contributed by atoms with Gasteiger partial charge in [0.25, 0.3) is 0 Å². The SMILES string of the molecule is CC1CCCC(NC(=O)OC(C)(C)C)(C(=O)O)CC1. The molecule has 0 aromatic heterocycles. The molecule has 1 aliphatic rings. The van der Waals surface area contributed by atoms with Gasteiger partial charge in [0, 0.05) is 0 Å². The number of amides is 1. The molecule has 0 aromatic carbocycles. The van der Waals surface area contributed by atoms with E-state index in [-0.39, 0.29) is 0 Å². The van der Waals surface area contributed by atoms with Crippen molar-refractivity contribution >= 4 is 12.1 Å². The second-order valence-electron chi connectivity index (χ2n) is 6.55. The van der Waals surface area contributed by atoms with Crippen molar-refractivity contribution in [3.8, 4) is 0 Å². The van der Waals surface area contributed by atoms with E-state index in [1.165, 1.54) is 0 Å². The first-order valence-electron chi connectivity index (χ1n) is 6.89. The summed E-state index contributed by atoms with van der Waals surface area (Å²) in [4.78, 5) is 23.4. The highest BCUT2D eigenvalue weighted by Crippen LogP contribution is 2.31. The van der Waals surface area contributed by atoms with Crippen molar-refractivity contribution < 1.29 is 19.4 Å². The van der Waals surface area contributed by atoms with Crippen LogP contribution in [-0.4, -0.2) is 28.3 Å². The molecule has 5 heteroatoms. The molecule has 0 aliphatic heterocycles. The summed E-state index contributed by atoms with van der Waals surface area (Å²) in [6.45, 7) is 7.39. The van der Waals surface area contributed by atoms with E-state index in [0.717, 1.165) is 19.3 Å². The molecule has 0 bridgehead atoms. The minimum Gasteiger partial charge on any atom is -0.480 e. The summed E-state index contributed by atoms with van der Waals surface area (Å²) >= 11 is 0. The summed E-state index contributed by atoms with van der Waals surface area (Å²) in [7, 11) is 0. The molecule has 1 saturated carbocycles. The van der Waals surface area contributed by atoms with Gasteiger partial charge in [-0.1, -0.05) is 19.8 Å². The van der Waals surface area contributed by atoms with E-state index in [9.17, 15) is 14.7 Å². The lowest BCUT2D eigenvalue weighted by molar-refractivity contribution is -0.145. The number of aliphatic carboxylic acids is 1. The van der Waals surface area contributed by atoms with E-state index < -0.39 is 23.2 Å². The standard InChI is InChI=1S/C14H25NO4/c1-10-6-5-8-14(9-7-10,11(16)17)15-12(18)19-13(2,3)4/h10H,5-9H2,1-4H3,(H,15,18)(H,16,17). The molecule has 1 fully saturated rings. The van der Waals surface area contributed by atoms with Crippen molar-refractivity contribution in [1.29, 1.82) is 0 Å². The third-order valence-electron chi connectivity index (χ3n) is 3.51. The van der Waals surface area contributed by atoms with Crippen molar-refractivity contribution in [2.24, 2.45) is 5.92 Å². The number of rotatable bonds is 2. The Labute approximate surface area is 114 Å². The maximum atomic E-state index is 11.8. The van der Waals surface area contributed by atoms with Gasteiger partial charge in [-0.15, -0.1) is 0 Å². The van der Waals surface area contributed by atoms with E-state index in [1.54, 1.807) is 20.8 Å². The predicted molar refractivity (Wildman–Crippen MR) is 72.0 cm³/mol. The monoisotopic (exact) mass is 271 g/mol. The largest absolute Gasteiger partial charge is 0.480 e. The first kappa shape index (κ1) is 15.8. The fourth-order valence-corrected chi connectivity index (χ4v) is 2.41. The molecule has 0 radical (unpaired) electrons. The van der Waals surface area contributed by atoms with Gasteiger partial charge < -0.3 is 15.2 Å². The zero-order valence-corrected chi connectivity index (χ0v) is 12.3. The van der Waals surface area contributed by atoms with Crippen molar-refractivity contribution in [2.75, 3.05) is 0 Å². The van der Waals surface area contributed by atoms with Crippen LogP contribution in [-0.2, 0) is 9.53 Å². The highest BCUT2D eigenvalue weighted by atomic mass is 16.6. The van der Waals surface area contributed by atoms with Crippen LogP contribution in [0.25, 0.3) is 0 Å². The van der Waals surface area contributed by atoms with E-state index in [0.29, 0.717) is 18.8 Å². The molecule has 2 N–H and O–H groups in total. The highest BCUT2D eigenvalue weighted by molar-refractivity contribution is 5.84. The minimum absolute atomic E-state index is 0.461. The van der Waals surface area contributed by atoms with Gasteiger partial charge in [0.05, 0.1) is 0 Å². The first-order valence-corrected chi connectivity index (χ1v) is 6.89. The number of hydrogen-bond donors (Lipinski definition) is 2. The van der Waals surface area contributed by atoms with Crippen LogP contribution in [0, 0.1) is 5.92 Å². The van der Waals surface area contributed by atoms with Gasteiger partial charge in [0.2, 0.25) is 0 Å². The Bertz CT molecular complexity index is 348. The van der Waals surface area contributed by atoms with Crippen molar-refractivity contribution in [3.63, 3.8) is 0 Å². The van der Waals surface area contributed by atoms with E-state index in [2.05, 4.69) is 12.2 Å². The lowest BCUT2D eigenvalue weighted by Gasteiger charge is -2.30. The van der Waals surface area contributed by atoms with Crippen LogP contribution in [0.5, 0.6) is 0 Å². The van der Waals surface area contributed by atoms with Crippen LogP contribution in [0.1, 0.15) is 59.8 Å². The topological polar surface area (TPSA) is 75.6 Å². The summed E-state index contributed by atoms with van der Waals surface area (Å²) in [6.07, 6.45) is 2.90. The summed E-state index contributed by atoms with van der Waals surface area (Å²) in [5.41, 5.74) is -1.80. The number of carboxylic acids is 1. The fourth-order valence-electron chi connectivity index (χ4n) is 2.41. The maximum absolute atomic E-state index is 11.8. The molecule has 110 valence electrons. The van der Waals surface area contributed by atoms with E-state index in [1.807, 2.05) is 0 Å². The second-order valence-corrected chi connectivity index (χ2v) is 6.55. The van der Waals surface area contributed by atoms with Crippen molar-refractivity contribution in [3.05, 3.63) is 0 Å². The molecule has 1 amide bonds. The molecule has 0 aromatic rings. The summed E-state index contributed by atoms with van der Waals surface area (Å²) in [5, 5.41) is 12.1. The Balaban J connectivity index is 2.77. The predicted octanol–water partition coefficient (Wildman–Crippen LogP) is 2.93. The molecular formula is C14H25NO4. The minimum atomic E-state index is -1.17. The number of carboxylic acid groups (broad SMARTS) is 1. The maximum Gasteiger partial charge on any atom is 0.408 e. The number of alkyl carbamates (subject to hydrolysis) is 1. The molecule has 2 atom stereocenters. The van der Waals surface area contributed by atoms with Crippen LogP contribution < -0.4 is 5.32 Å². The molecule has 0 heterocycles. The van der Waals surface area contributed by atoms with Gasteiger partial charge in [0.1, 0.15) is 11.1 Å². The van der Waals surface area contributed by atoms with Crippen LogP contribution in [0.15, 0.2) is 0 Å². The third kappa shape index (κ3) is 4.73. The molecule has 2 unspecified atom stereocenters. The molecular weight excluding hydrogens is 246 g/mol.